The second-order valence-electron chi connectivity index (χ2n) is 13.3. The summed E-state index contributed by atoms with van der Waals surface area (Å²) in [6, 6.07) is 55.8. The van der Waals surface area contributed by atoms with E-state index in [1.54, 1.807) is 0 Å². The van der Waals surface area contributed by atoms with E-state index in [0.717, 1.165) is 44.9 Å². The van der Waals surface area contributed by atoms with Crippen LogP contribution in [0.4, 0.5) is 0 Å². The molecule has 0 N–H and O–H groups in total. The third kappa shape index (κ3) is 4.94. The van der Waals surface area contributed by atoms with Crippen LogP contribution in [0.1, 0.15) is 25.0 Å². The van der Waals surface area contributed by atoms with Crippen LogP contribution in [-0.4, -0.2) is 15.0 Å². The van der Waals surface area contributed by atoms with Crippen LogP contribution in [0.3, 0.4) is 0 Å². The Bertz CT molecular complexity index is 2500. The predicted molar refractivity (Wildman–Crippen MR) is 202 cm³/mol. The molecule has 0 amide bonds. The van der Waals surface area contributed by atoms with Crippen LogP contribution in [-0.2, 0) is 5.41 Å². The lowest BCUT2D eigenvalue weighted by Crippen LogP contribution is -2.14. The Hall–Kier alpha value is -6.19. The first-order valence-electron chi connectivity index (χ1n) is 16.8. The topological polar surface area (TPSA) is 38.7 Å². The van der Waals surface area contributed by atoms with Crippen molar-refractivity contribution in [3.05, 3.63) is 175 Å². The fraction of sp³-hybridized carbons (Fsp3) is 0.0652. The van der Waals surface area contributed by atoms with Gasteiger partial charge in [0.05, 0.1) is 17.1 Å². The Balaban J connectivity index is 1.23. The zero-order chi connectivity index (χ0) is 33.0. The number of hydrogen-bond acceptors (Lipinski definition) is 3. The summed E-state index contributed by atoms with van der Waals surface area (Å²) in [6.07, 6.45) is 1.83. The minimum absolute atomic E-state index is 0.121. The summed E-state index contributed by atoms with van der Waals surface area (Å²) in [7, 11) is 0. The number of rotatable bonds is 5. The Morgan fingerprint density at radius 3 is 1.80 bits per heavy atom. The van der Waals surface area contributed by atoms with Gasteiger partial charge in [0, 0.05) is 33.9 Å². The van der Waals surface area contributed by atoms with Gasteiger partial charge in [-0.2, -0.15) is 0 Å². The predicted octanol–water partition coefficient (Wildman–Crippen LogP) is 11.7. The van der Waals surface area contributed by atoms with Gasteiger partial charge in [0.25, 0.3) is 0 Å². The molecule has 0 atom stereocenters. The highest BCUT2D eigenvalue weighted by Gasteiger charge is 2.37. The lowest BCUT2D eigenvalue weighted by atomic mass is 9.81. The van der Waals surface area contributed by atoms with Crippen LogP contribution in [0.5, 0.6) is 0 Å². The monoisotopic (exact) mass is 627 g/mol. The molecule has 0 saturated heterocycles. The highest BCUT2D eigenvalue weighted by Crippen LogP contribution is 2.54. The number of aromatic nitrogens is 3. The average Bonchev–Trinajstić information content (AvgIpc) is 3.39. The molecule has 1 aliphatic rings. The summed E-state index contributed by atoms with van der Waals surface area (Å²) in [5, 5.41) is 2.54. The zero-order valence-corrected chi connectivity index (χ0v) is 27.4. The Morgan fingerprint density at radius 2 is 1.04 bits per heavy atom. The van der Waals surface area contributed by atoms with E-state index in [0.29, 0.717) is 5.82 Å². The van der Waals surface area contributed by atoms with Crippen molar-refractivity contribution < 1.29 is 0 Å². The van der Waals surface area contributed by atoms with E-state index < -0.39 is 0 Å². The molecule has 0 aliphatic heterocycles. The van der Waals surface area contributed by atoms with Gasteiger partial charge in [0.15, 0.2) is 5.82 Å². The van der Waals surface area contributed by atoms with Gasteiger partial charge < -0.3 is 0 Å². The van der Waals surface area contributed by atoms with Gasteiger partial charge in [-0.15, -0.1) is 0 Å². The van der Waals surface area contributed by atoms with Crippen molar-refractivity contribution in [2.24, 2.45) is 0 Å². The summed E-state index contributed by atoms with van der Waals surface area (Å²) in [4.78, 5) is 14.9. The molecule has 2 aromatic heterocycles. The van der Waals surface area contributed by atoms with Crippen molar-refractivity contribution in [1.82, 2.24) is 15.0 Å². The van der Waals surface area contributed by atoms with Crippen molar-refractivity contribution in [3.63, 3.8) is 0 Å². The maximum absolute atomic E-state index is 5.24. The Kier molecular flexibility index (Phi) is 6.80. The third-order valence-corrected chi connectivity index (χ3v) is 9.96. The quantitative estimate of drug-likeness (QED) is 0.191. The van der Waals surface area contributed by atoms with Crippen LogP contribution in [0.2, 0.25) is 0 Å². The molecule has 1 aliphatic carbocycles. The molecule has 3 heteroatoms. The second-order valence-corrected chi connectivity index (χ2v) is 13.3. The first-order chi connectivity index (χ1) is 24.0. The minimum Gasteiger partial charge on any atom is -0.256 e. The molecule has 49 heavy (non-hydrogen) atoms. The largest absolute Gasteiger partial charge is 0.256 e. The SMILES string of the molecule is CC1(C)c2cc3ccccc3cc2-c2c(-c3ccccc3-c3cc(-c4ccc(-c5ccccn5)cc4)nc(-c4ccccc4)n3)cccc21. The third-order valence-electron chi connectivity index (χ3n) is 9.96. The van der Waals surface area contributed by atoms with Crippen molar-refractivity contribution in [2.45, 2.75) is 19.3 Å². The Morgan fingerprint density at radius 1 is 0.408 bits per heavy atom. The fourth-order valence-corrected chi connectivity index (χ4v) is 7.43. The van der Waals surface area contributed by atoms with E-state index in [4.69, 9.17) is 9.97 Å². The number of benzene rings is 6. The molecule has 0 fully saturated rings. The molecule has 6 aromatic carbocycles. The number of hydrogen-bond donors (Lipinski definition) is 0. The van der Waals surface area contributed by atoms with Crippen molar-refractivity contribution in [1.29, 1.82) is 0 Å². The molecular weight excluding hydrogens is 595 g/mol. The molecule has 2 heterocycles. The van der Waals surface area contributed by atoms with Crippen LogP contribution < -0.4 is 0 Å². The summed E-state index contributed by atoms with van der Waals surface area (Å²) in [5.41, 5.74) is 14.5. The van der Waals surface area contributed by atoms with Gasteiger partial charge in [0.1, 0.15) is 0 Å². The normalized spacial score (nSPS) is 12.9. The summed E-state index contributed by atoms with van der Waals surface area (Å²) in [6.45, 7) is 4.70. The van der Waals surface area contributed by atoms with Crippen LogP contribution >= 0.6 is 0 Å². The van der Waals surface area contributed by atoms with Crippen LogP contribution in [0, 0.1) is 0 Å². The van der Waals surface area contributed by atoms with E-state index in [9.17, 15) is 0 Å². The van der Waals surface area contributed by atoms with Gasteiger partial charge in [-0.3, -0.25) is 4.98 Å². The summed E-state index contributed by atoms with van der Waals surface area (Å²) >= 11 is 0. The molecule has 9 rings (SSSR count). The average molecular weight is 628 g/mol. The smallest absolute Gasteiger partial charge is 0.160 e. The number of nitrogens with zero attached hydrogens (tertiary/aromatic N) is 3. The van der Waals surface area contributed by atoms with Crippen molar-refractivity contribution in [3.8, 4) is 67.4 Å². The van der Waals surface area contributed by atoms with Gasteiger partial charge in [-0.1, -0.05) is 141 Å². The van der Waals surface area contributed by atoms with E-state index >= 15 is 0 Å². The maximum Gasteiger partial charge on any atom is 0.160 e. The molecule has 232 valence electrons. The van der Waals surface area contributed by atoms with Gasteiger partial charge in [0.2, 0.25) is 0 Å². The lowest BCUT2D eigenvalue weighted by molar-refractivity contribution is 0.661. The van der Waals surface area contributed by atoms with Gasteiger partial charge >= 0.3 is 0 Å². The van der Waals surface area contributed by atoms with E-state index in [1.807, 2.05) is 42.6 Å². The van der Waals surface area contributed by atoms with Gasteiger partial charge in [-0.05, 0) is 74.5 Å². The van der Waals surface area contributed by atoms with Crippen molar-refractivity contribution in [2.75, 3.05) is 0 Å². The first-order valence-corrected chi connectivity index (χ1v) is 16.8. The molecule has 0 saturated carbocycles. The molecular formula is C46H33N3. The second kappa shape index (κ2) is 11.5. The molecule has 0 bridgehead atoms. The standard InChI is InChI=1S/C46H33N3/c1-46(2)39-20-12-19-37(44(39)38-27-33-15-6-7-16-34(33)28-40(38)46)35-17-8-9-18-36(35)43-29-42(48-45(49-43)32-13-4-3-5-14-32)31-24-22-30(23-25-31)41-21-10-11-26-47-41/h3-29H,1-2H3. The zero-order valence-electron chi connectivity index (χ0n) is 27.4. The molecule has 0 unspecified atom stereocenters. The van der Waals surface area contributed by atoms with Crippen LogP contribution in [0.15, 0.2) is 164 Å². The highest BCUT2D eigenvalue weighted by atomic mass is 14.9. The summed E-state index contributed by atoms with van der Waals surface area (Å²) in [5.74, 6) is 0.702. The number of pyridine rings is 1. The maximum atomic E-state index is 5.24. The van der Waals surface area contributed by atoms with E-state index in [2.05, 4.69) is 140 Å². The van der Waals surface area contributed by atoms with E-state index in [1.165, 1.54) is 38.6 Å². The molecule has 3 nitrogen and oxygen atoms in total. The highest BCUT2D eigenvalue weighted by molar-refractivity contribution is 6.00. The first kappa shape index (κ1) is 29.0. The van der Waals surface area contributed by atoms with Gasteiger partial charge in [-0.25, -0.2) is 9.97 Å². The number of fused-ring (bicyclic) bond motifs is 4. The fourth-order valence-electron chi connectivity index (χ4n) is 7.43. The van der Waals surface area contributed by atoms with Crippen LogP contribution in [0.25, 0.3) is 78.2 Å². The Labute approximate surface area is 286 Å². The van der Waals surface area contributed by atoms with E-state index in [-0.39, 0.29) is 5.41 Å². The molecule has 0 radical (unpaired) electrons. The van der Waals surface area contributed by atoms with Crippen molar-refractivity contribution >= 4 is 10.8 Å². The summed E-state index contributed by atoms with van der Waals surface area (Å²) < 4.78 is 0. The minimum atomic E-state index is -0.121. The molecule has 8 aromatic rings. The lowest BCUT2D eigenvalue weighted by Gasteiger charge is -2.22. The molecule has 0 spiro atoms.